The Kier molecular flexibility index (Phi) is 4.96. The van der Waals surface area contributed by atoms with Crippen molar-refractivity contribution in [3.8, 4) is 17.2 Å². The van der Waals surface area contributed by atoms with Crippen LogP contribution in [0.2, 0.25) is 0 Å². The maximum absolute atomic E-state index is 14.4. The van der Waals surface area contributed by atoms with Crippen LogP contribution in [0.4, 0.5) is 13.8 Å². The van der Waals surface area contributed by atoms with E-state index in [0.717, 1.165) is 11.3 Å². The number of amides is 1. The third kappa shape index (κ3) is 3.41. The van der Waals surface area contributed by atoms with Crippen molar-refractivity contribution in [2.45, 2.75) is 6.92 Å². The first kappa shape index (κ1) is 20.2. The minimum Gasteiger partial charge on any atom is -0.478 e. The number of aromatic nitrogens is 1. The molecular formula is C21H11F2N3O4S. The van der Waals surface area contributed by atoms with Gasteiger partial charge in [-0.25, -0.2) is 18.6 Å². The first-order valence-corrected chi connectivity index (χ1v) is 9.60. The topological polar surface area (TPSA) is 116 Å². The molecule has 4 aromatic rings. The Hall–Kier alpha value is -4.10. The summed E-state index contributed by atoms with van der Waals surface area (Å²) in [5.74, 6) is -4.93. The molecule has 2 aromatic carbocycles. The van der Waals surface area contributed by atoms with E-state index in [2.05, 4.69) is 10.3 Å². The van der Waals surface area contributed by atoms with Gasteiger partial charge in [-0.3, -0.25) is 4.79 Å². The lowest BCUT2D eigenvalue weighted by Crippen LogP contribution is -2.14. The van der Waals surface area contributed by atoms with Crippen molar-refractivity contribution in [1.82, 2.24) is 4.98 Å². The first-order valence-electron chi connectivity index (χ1n) is 8.72. The number of nitriles is 1. The monoisotopic (exact) mass is 439 g/mol. The number of hydrogen-bond donors (Lipinski definition) is 2. The molecule has 0 aliphatic heterocycles. The van der Waals surface area contributed by atoms with E-state index in [9.17, 15) is 23.5 Å². The van der Waals surface area contributed by atoms with Crippen molar-refractivity contribution in [2.24, 2.45) is 0 Å². The number of aromatic carboxylic acids is 1. The molecule has 10 heteroatoms. The van der Waals surface area contributed by atoms with E-state index in [4.69, 9.17) is 9.68 Å². The molecule has 0 bridgehead atoms. The summed E-state index contributed by atoms with van der Waals surface area (Å²) in [5, 5.41) is 22.4. The fourth-order valence-corrected chi connectivity index (χ4v) is 3.95. The van der Waals surface area contributed by atoms with Gasteiger partial charge in [-0.05, 0) is 24.6 Å². The van der Waals surface area contributed by atoms with Crippen LogP contribution in [0, 0.1) is 29.9 Å². The molecule has 4 rings (SSSR count). The van der Waals surface area contributed by atoms with Crippen LogP contribution < -0.4 is 5.32 Å². The molecule has 154 valence electrons. The average molecular weight is 439 g/mol. The first-order chi connectivity index (χ1) is 14.8. The van der Waals surface area contributed by atoms with E-state index in [1.54, 1.807) is 12.1 Å². The Morgan fingerprint density at radius 2 is 1.97 bits per heavy atom. The highest BCUT2D eigenvalue weighted by molar-refractivity contribution is 7.15. The van der Waals surface area contributed by atoms with Gasteiger partial charge >= 0.3 is 11.9 Å². The number of carbonyl (C=O) groups excluding carboxylic acids is 1. The fraction of sp³-hybridized carbons (Fsp3) is 0.0476. The molecule has 1 amide bonds. The minimum absolute atomic E-state index is 0.0754. The van der Waals surface area contributed by atoms with Gasteiger partial charge in [0.15, 0.2) is 17.2 Å². The molecule has 0 fully saturated rings. The number of benzene rings is 2. The van der Waals surface area contributed by atoms with Crippen LogP contribution in [-0.4, -0.2) is 22.0 Å². The zero-order valence-corrected chi connectivity index (χ0v) is 16.5. The maximum Gasteiger partial charge on any atom is 0.339 e. The van der Waals surface area contributed by atoms with Crippen LogP contribution in [0.1, 0.15) is 32.2 Å². The molecule has 2 N–H and O–H groups in total. The van der Waals surface area contributed by atoms with Crippen LogP contribution in [0.3, 0.4) is 0 Å². The number of para-hydroxylation sites is 1. The Morgan fingerprint density at radius 3 is 2.68 bits per heavy atom. The van der Waals surface area contributed by atoms with Crippen molar-refractivity contribution in [2.75, 3.05) is 5.32 Å². The number of halogens is 2. The van der Waals surface area contributed by atoms with Crippen molar-refractivity contribution in [3.63, 3.8) is 0 Å². The molecule has 0 aliphatic rings. The molecule has 0 radical (unpaired) electrons. The van der Waals surface area contributed by atoms with Crippen LogP contribution >= 0.6 is 11.3 Å². The Balaban J connectivity index is 1.73. The van der Waals surface area contributed by atoms with Crippen LogP contribution in [-0.2, 0) is 0 Å². The predicted octanol–water partition coefficient (Wildman–Crippen LogP) is 4.97. The second-order valence-corrected chi connectivity index (χ2v) is 7.34. The number of fused-ring (bicyclic) bond motifs is 1. The Bertz CT molecular complexity index is 1420. The highest BCUT2D eigenvalue weighted by Gasteiger charge is 2.26. The third-order valence-corrected chi connectivity index (χ3v) is 5.42. The fourth-order valence-electron chi connectivity index (χ4n) is 3.01. The van der Waals surface area contributed by atoms with Gasteiger partial charge in [-0.1, -0.05) is 18.2 Å². The molecule has 0 spiro atoms. The highest BCUT2D eigenvalue weighted by atomic mass is 32.1. The predicted molar refractivity (Wildman–Crippen MR) is 108 cm³/mol. The smallest absolute Gasteiger partial charge is 0.339 e. The summed E-state index contributed by atoms with van der Waals surface area (Å²) in [6, 6.07) is 9.16. The number of thiophene rings is 1. The summed E-state index contributed by atoms with van der Waals surface area (Å²) in [6.45, 7) is 1.39. The highest BCUT2D eigenvalue weighted by Crippen LogP contribution is 2.38. The van der Waals surface area contributed by atoms with Gasteiger partial charge in [-0.15, -0.1) is 11.3 Å². The number of nitrogens with one attached hydrogen (secondary N) is 1. The summed E-state index contributed by atoms with van der Waals surface area (Å²) in [7, 11) is 0. The van der Waals surface area contributed by atoms with E-state index < -0.39 is 29.1 Å². The molecule has 2 heterocycles. The second-order valence-electron chi connectivity index (χ2n) is 6.46. The second kappa shape index (κ2) is 7.62. The molecule has 0 saturated heterocycles. The summed E-state index contributed by atoms with van der Waals surface area (Å²) in [6.07, 6.45) is 0. The lowest BCUT2D eigenvalue weighted by Gasteiger charge is -2.07. The average Bonchev–Trinajstić information content (AvgIpc) is 3.36. The van der Waals surface area contributed by atoms with E-state index in [1.807, 2.05) is 6.07 Å². The van der Waals surface area contributed by atoms with Crippen molar-refractivity contribution >= 4 is 39.3 Å². The molecule has 0 atom stereocenters. The minimum atomic E-state index is -1.43. The van der Waals surface area contributed by atoms with E-state index in [-0.39, 0.29) is 44.2 Å². The lowest BCUT2D eigenvalue weighted by molar-refractivity contribution is 0.0699. The number of carboxylic acid groups (broad SMARTS) is 1. The van der Waals surface area contributed by atoms with Gasteiger partial charge in [0.2, 0.25) is 0 Å². The maximum atomic E-state index is 14.4. The molecular weight excluding hydrogens is 428 g/mol. The quantitative estimate of drug-likeness (QED) is 0.464. The number of nitrogens with zero attached hydrogens (tertiary/aromatic N) is 2. The largest absolute Gasteiger partial charge is 0.478 e. The van der Waals surface area contributed by atoms with Gasteiger partial charge in [0, 0.05) is 16.5 Å². The van der Waals surface area contributed by atoms with Crippen molar-refractivity contribution < 1.29 is 27.9 Å². The molecule has 31 heavy (non-hydrogen) atoms. The van der Waals surface area contributed by atoms with E-state index in [0.29, 0.717) is 0 Å². The number of hydrogen-bond acceptors (Lipinski definition) is 6. The Labute approximate surface area is 177 Å². The van der Waals surface area contributed by atoms with Crippen molar-refractivity contribution in [3.05, 3.63) is 69.9 Å². The normalized spacial score (nSPS) is 10.8. The van der Waals surface area contributed by atoms with Crippen molar-refractivity contribution in [1.29, 1.82) is 5.26 Å². The number of anilines is 1. The summed E-state index contributed by atoms with van der Waals surface area (Å²) in [5.41, 5.74) is -0.0369. The number of aryl methyl sites for hydroxylation is 1. The van der Waals surface area contributed by atoms with Gasteiger partial charge in [0.25, 0.3) is 5.89 Å². The number of rotatable bonds is 4. The molecule has 2 aromatic heterocycles. The van der Waals surface area contributed by atoms with Gasteiger partial charge < -0.3 is 14.8 Å². The van der Waals surface area contributed by atoms with Gasteiger partial charge in [0.1, 0.15) is 22.2 Å². The molecule has 7 nitrogen and oxygen atoms in total. The van der Waals surface area contributed by atoms with Crippen LogP contribution in [0.25, 0.3) is 22.2 Å². The van der Waals surface area contributed by atoms with E-state index in [1.165, 1.54) is 30.5 Å². The zero-order valence-electron chi connectivity index (χ0n) is 15.7. The molecule has 0 aliphatic carbocycles. The number of carbonyl (C=O) groups is 2. The summed E-state index contributed by atoms with van der Waals surface area (Å²) in [4.78, 5) is 28.5. The van der Waals surface area contributed by atoms with Gasteiger partial charge in [0.05, 0.1) is 5.56 Å². The van der Waals surface area contributed by atoms with E-state index >= 15 is 0 Å². The Morgan fingerprint density at radius 1 is 1.19 bits per heavy atom. The summed E-state index contributed by atoms with van der Waals surface area (Å²) >= 11 is 0.832. The lowest BCUT2D eigenvalue weighted by atomic mass is 10.0. The van der Waals surface area contributed by atoms with Crippen LogP contribution in [0.15, 0.2) is 40.1 Å². The van der Waals surface area contributed by atoms with Gasteiger partial charge in [-0.2, -0.15) is 5.26 Å². The zero-order chi connectivity index (χ0) is 22.3. The van der Waals surface area contributed by atoms with Crippen LogP contribution in [0.5, 0.6) is 0 Å². The summed E-state index contributed by atoms with van der Waals surface area (Å²) < 4.78 is 33.8. The third-order valence-electron chi connectivity index (χ3n) is 4.53. The standard InChI is InChI=1S/C21H11F2N3O4S/c1-9-5-6-11(16(23)15(9)22)12-8-31-20(14(12)21(28)29)26-18(27)19-25-13-4-2-3-10(7-24)17(13)30-19/h2-6,8H,1H3,(H,26,27)(H,28,29). The molecule has 0 saturated carbocycles. The number of carboxylic acids is 1. The SMILES string of the molecule is Cc1ccc(-c2csc(NC(=O)c3nc4cccc(C#N)c4o3)c2C(=O)O)c(F)c1F. The number of oxazole rings is 1. The molecule has 0 unspecified atom stereocenters.